The second kappa shape index (κ2) is 9.55. The summed E-state index contributed by atoms with van der Waals surface area (Å²) >= 11 is 5.90. The molecule has 1 N–H and O–H groups in total. The van der Waals surface area contributed by atoms with Gasteiger partial charge in [-0.1, -0.05) is 31.2 Å². The average molecular weight is 483 g/mol. The first-order valence-electron chi connectivity index (χ1n) is 11.9. The van der Waals surface area contributed by atoms with Crippen LogP contribution in [-0.2, 0) is 6.42 Å². The highest BCUT2D eigenvalue weighted by Gasteiger charge is 2.42. The molecule has 6 heteroatoms. The van der Waals surface area contributed by atoms with Crippen LogP contribution >= 0.6 is 12.2 Å². The number of anilines is 1. The zero-order valence-corrected chi connectivity index (χ0v) is 21.3. The van der Waals surface area contributed by atoms with Crippen LogP contribution in [0.1, 0.15) is 47.2 Å². The smallest absolute Gasteiger partial charge is 0.174 e. The number of aromatic nitrogens is 2. The molecule has 2 aromatic carbocycles. The first kappa shape index (κ1) is 23.1. The van der Waals surface area contributed by atoms with E-state index in [9.17, 15) is 0 Å². The van der Waals surface area contributed by atoms with E-state index in [1.165, 1.54) is 28.2 Å². The highest BCUT2D eigenvalue weighted by molar-refractivity contribution is 7.80. The minimum atomic E-state index is -0.0822. The molecule has 0 radical (unpaired) electrons. The van der Waals surface area contributed by atoms with E-state index in [-0.39, 0.29) is 12.1 Å². The van der Waals surface area contributed by atoms with E-state index in [0.717, 1.165) is 23.6 Å². The Morgan fingerprint density at radius 3 is 2.43 bits per heavy atom. The van der Waals surface area contributed by atoms with E-state index in [2.05, 4.69) is 84.1 Å². The van der Waals surface area contributed by atoms with E-state index >= 15 is 0 Å². The number of hydrogen-bond acceptors (Lipinski definition) is 3. The van der Waals surface area contributed by atoms with Crippen molar-refractivity contribution >= 4 is 23.0 Å². The molecule has 5 nitrogen and oxygen atoms in total. The number of rotatable bonds is 6. The molecule has 2 aromatic heterocycles. The molecule has 3 heterocycles. The Hall–Kier alpha value is -3.64. The Morgan fingerprint density at radius 2 is 1.74 bits per heavy atom. The first-order valence-corrected chi connectivity index (χ1v) is 12.4. The minimum absolute atomic E-state index is 0.0560. The third-order valence-corrected chi connectivity index (χ3v) is 7.17. The summed E-state index contributed by atoms with van der Waals surface area (Å²) in [6.07, 6.45) is 2.82. The minimum Gasteiger partial charge on any atom is -0.497 e. The van der Waals surface area contributed by atoms with Crippen LogP contribution in [0, 0.1) is 13.8 Å². The molecular formula is C29H30N4OS. The van der Waals surface area contributed by atoms with Gasteiger partial charge in [-0.05, 0) is 92.1 Å². The predicted octanol–water partition coefficient (Wildman–Crippen LogP) is 6.24. The fraction of sp³-hybridized carbons (Fsp3) is 0.241. The van der Waals surface area contributed by atoms with Crippen molar-refractivity contribution < 1.29 is 4.74 Å². The quantitative estimate of drug-likeness (QED) is 0.330. The molecule has 35 heavy (non-hydrogen) atoms. The Balaban J connectivity index is 1.68. The summed E-state index contributed by atoms with van der Waals surface area (Å²) in [4.78, 5) is 6.91. The molecule has 1 aliphatic rings. The third-order valence-electron chi connectivity index (χ3n) is 6.85. The fourth-order valence-corrected chi connectivity index (χ4v) is 5.52. The molecule has 0 unspecified atom stereocenters. The number of nitrogens with zero attached hydrogens (tertiary/aromatic N) is 3. The van der Waals surface area contributed by atoms with Crippen LogP contribution in [0.15, 0.2) is 79.0 Å². The van der Waals surface area contributed by atoms with Crippen LogP contribution < -0.4 is 15.0 Å². The van der Waals surface area contributed by atoms with Crippen molar-refractivity contribution in [2.45, 2.75) is 39.3 Å². The van der Waals surface area contributed by atoms with E-state index in [1.807, 2.05) is 30.5 Å². The highest BCUT2D eigenvalue weighted by atomic mass is 32.1. The van der Waals surface area contributed by atoms with Gasteiger partial charge in [0, 0.05) is 29.0 Å². The van der Waals surface area contributed by atoms with Crippen molar-refractivity contribution in [3.8, 4) is 11.4 Å². The summed E-state index contributed by atoms with van der Waals surface area (Å²) in [5.41, 5.74) is 8.18. The van der Waals surface area contributed by atoms with E-state index in [0.29, 0.717) is 5.11 Å². The standard InChI is InChI=1S/C29H30N4OS/c1-5-21-10-6-7-12-26(21)32-19(2)18-24(20(32)3)28-27(25-11-8-9-17-30-25)31-29(35)33(28)22-13-15-23(34-4)16-14-22/h6-18,27-28H,5H2,1-4H3,(H,31,35)/t27-,28-/m1/s1. The van der Waals surface area contributed by atoms with E-state index in [1.54, 1.807) is 7.11 Å². The number of pyridine rings is 1. The van der Waals surface area contributed by atoms with Crippen molar-refractivity contribution in [3.63, 3.8) is 0 Å². The molecule has 178 valence electrons. The van der Waals surface area contributed by atoms with Gasteiger partial charge in [0.15, 0.2) is 5.11 Å². The summed E-state index contributed by atoms with van der Waals surface area (Å²) in [7, 11) is 1.68. The highest BCUT2D eigenvalue weighted by Crippen LogP contribution is 2.44. The second-order valence-corrected chi connectivity index (χ2v) is 9.23. The first-order chi connectivity index (χ1) is 17.0. The monoisotopic (exact) mass is 482 g/mol. The zero-order valence-electron chi connectivity index (χ0n) is 20.5. The lowest BCUT2D eigenvalue weighted by Gasteiger charge is -2.28. The number of methoxy groups -OCH3 is 1. The van der Waals surface area contributed by atoms with Crippen molar-refractivity contribution in [2.24, 2.45) is 0 Å². The van der Waals surface area contributed by atoms with Crippen LogP contribution in [0.4, 0.5) is 5.69 Å². The molecule has 5 rings (SSSR count). The number of aryl methyl sites for hydroxylation is 2. The average Bonchev–Trinajstić information content (AvgIpc) is 3.39. The predicted molar refractivity (Wildman–Crippen MR) is 146 cm³/mol. The maximum atomic E-state index is 5.90. The number of benzene rings is 2. The van der Waals surface area contributed by atoms with Crippen LogP contribution in [0.3, 0.4) is 0 Å². The van der Waals surface area contributed by atoms with Gasteiger partial charge in [-0.25, -0.2) is 0 Å². The van der Waals surface area contributed by atoms with Crippen LogP contribution in [-0.4, -0.2) is 21.8 Å². The van der Waals surface area contributed by atoms with Gasteiger partial charge in [-0.3, -0.25) is 4.98 Å². The Bertz CT molecular complexity index is 1350. The Labute approximate surface area is 212 Å². The van der Waals surface area contributed by atoms with E-state index < -0.39 is 0 Å². The van der Waals surface area contributed by atoms with E-state index in [4.69, 9.17) is 21.9 Å². The summed E-state index contributed by atoms with van der Waals surface area (Å²) < 4.78 is 7.76. The van der Waals surface area contributed by atoms with Crippen molar-refractivity contribution in [2.75, 3.05) is 12.0 Å². The Morgan fingerprint density at radius 1 is 1.00 bits per heavy atom. The lowest BCUT2D eigenvalue weighted by atomic mass is 9.96. The number of para-hydroxylation sites is 1. The lowest BCUT2D eigenvalue weighted by molar-refractivity contribution is 0.415. The summed E-state index contributed by atoms with van der Waals surface area (Å²) in [5, 5.41) is 4.26. The van der Waals surface area contributed by atoms with Crippen LogP contribution in [0.25, 0.3) is 5.69 Å². The summed E-state index contributed by atoms with van der Waals surface area (Å²) in [5.74, 6) is 0.819. The summed E-state index contributed by atoms with van der Waals surface area (Å²) in [6, 6.07) is 24.9. The van der Waals surface area contributed by atoms with Gasteiger partial charge in [-0.2, -0.15) is 0 Å². The van der Waals surface area contributed by atoms with Crippen LogP contribution in [0.5, 0.6) is 5.75 Å². The normalized spacial score (nSPS) is 17.5. The molecule has 4 aromatic rings. The molecule has 0 amide bonds. The third kappa shape index (κ3) is 4.08. The largest absolute Gasteiger partial charge is 0.497 e. The second-order valence-electron chi connectivity index (χ2n) is 8.84. The topological polar surface area (TPSA) is 42.3 Å². The van der Waals surface area contributed by atoms with Gasteiger partial charge >= 0.3 is 0 Å². The molecule has 0 spiro atoms. The maximum Gasteiger partial charge on any atom is 0.174 e. The molecule has 0 aliphatic carbocycles. The SMILES string of the molecule is CCc1ccccc1-n1c(C)cc([C@@H]2[C@@H](c3ccccn3)NC(=S)N2c2ccc(OC)cc2)c1C. The number of thiocarbonyl (C=S) groups is 1. The molecule has 1 saturated heterocycles. The van der Waals surface area contributed by atoms with Gasteiger partial charge in [-0.15, -0.1) is 0 Å². The van der Waals surface area contributed by atoms with Crippen LogP contribution in [0.2, 0.25) is 0 Å². The molecule has 0 saturated carbocycles. The molecular weight excluding hydrogens is 452 g/mol. The van der Waals surface area contributed by atoms with Crippen molar-refractivity contribution in [3.05, 3.63) is 107 Å². The number of ether oxygens (including phenoxy) is 1. The number of hydrogen-bond donors (Lipinski definition) is 1. The molecule has 1 aliphatic heterocycles. The Kier molecular flexibility index (Phi) is 6.31. The van der Waals surface area contributed by atoms with Crippen molar-refractivity contribution in [1.29, 1.82) is 0 Å². The van der Waals surface area contributed by atoms with Gasteiger partial charge < -0.3 is 19.5 Å². The van der Waals surface area contributed by atoms with Gasteiger partial charge in [0.05, 0.1) is 24.9 Å². The van der Waals surface area contributed by atoms with Gasteiger partial charge in [0.2, 0.25) is 0 Å². The molecule has 2 atom stereocenters. The zero-order chi connectivity index (χ0) is 24.5. The number of nitrogens with one attached hydrogen (secondary N) is 1. The van der Waals surface area contributed by atoms with Crippen molar-refractivity contribution in [1.82, 2.24) is 14.9 Å². The fourth-order valence-electron chi connectivity index (χ4n) is 5.18. The van der Waals surface area contributed by atoms with Gasteiger partial charge in [0.25, 0.3) is 0 Å². The summed E-state index contributed by atoms with van der Waals surface area (Å²) in [6.45, 7) is 6.59. The van der Waals surface area contributed by atoms with Gasteiger partial charge in [0.1, 0.15) is 5.75 Å². The molecule has 1 fully saturated rings. The molecule has 0 bridgehead atoms. The maximum absolute atomic E-state index is 5.90. The lowest BCUT2D eigenvalue weighted by Crippen LogP contribution is -2.29.